The van der Waals surface area contributed by atoms with Crippen LogP contribution in [0.3, 0.4) is 0 Å². The molecular weight excluding hydrogens is 445 g/mol. The Hall–Kier alpha value is -3.74. The Kier molecular flexibility index (Phi) is 5.32. The fourth-order valence-electron chi connectivity index (χ4n) is 4.53. The van der Waals surface area contributed by atoms with Gasteiger partial charge in [-0.05, 0) is 50.4 Å². The van der Waals surface area contributed by atoms with Crippen LogP contribution in [-0.4, -0.2) is 32.9 Å². The highest BCUT2D eigenvalue weighted by atomic mass is 16.7. The Morgan fingerprint density at radius 1 is 0.667 bits per heavy atom. The average molecular weight is 473 g/mol. The summed E-state index contributed by atoms with van der Waals surface area (Å²) >= 11 is 0. The van der Waals surface area contributed by atoms with Crippen LogP contribution in [0.25, 0.3) is 39.3 Å². The molecule has 0 unspecified atom stereocenters. The number of hydrogen-bond acceptors (Lipinski definition) is 4. The molecule has 6 rings (SSSR count). The van der Waals surface area contributed by atoms with Crippen LogP contribution >= 0.6 is 0 Å². The molecule has 5 nitrogen and oxygen atoms in total. The largest absolute Gasteiger partial charge is 0.494 e. The van der Waals surface area contributed by atoms with E-state index in [1.165, 1.54) is 0 Å². The Morgan fingerprint density at radius 2 is 1.28 bits per heavy atom. The maximum absolute atomic E-state index is 6.27. The van der Waals surface area contributed by atoms with Gasteiger partial charge in [-0.3, -0.25) is 0 Å². The molecule has 0 aliphatic carbocycles. The van der Waals surface area contributed by atoms with Crippen molar-refractivity contribution in [2.75, 3.05) is 0 Å². The van der Waals surface area contributed by atoms with Crippen LogP contribution in [0.15, 0.2) is 97.2 Å². The van der Waals surface area contributed by atoms with Gasteiger partial charge < -0.3 is 9.31 Å². The summed E-state index contributed by atoms with van der Waals surface area (Å²) < 4.78 is 14.4. The van der Waals surface area contributed by atoms with Crippen molar-refractivity contribution in [3.63, 3.8) is 0 Å². The summed E-state index contributed by atoms with van der Waals surface area (Å²) in [4.78, 5) is 4.99. The van der Waals surface area contributed by atoms with Gasteiger partial charge in [0.15, 0.2) is 11.5 Å². The zero-order valence-corrected chi connectivity index (χ0v) is 21.0. The second-order valence-electron chi connectivity index (χ2n) is 10.3. The van der Waals surface area contributed by atoms with E-state index < -0.39 is 18.3 Å². The molecule has 5 aromatic rings. The van der Waals surface area contributed by atoms with Crippen LogP contribution < -0.4 is 5.46 Å². The van der Waals surface area contributed by atoms with Crippen molar-refractivity contribution in [1.82, 2.24) is 14.6 Å². The minimum Gasteiger partial charge on any atom is -0.399 e. The monoisotopic (exact) mass is 473 g/mol. The molecule has 36 heavy (non-hydrogen) atoms. The van der Waals surface area contributed by atoms with Crippen LogP contribution in [0, 0.1) is 0 Å². The van der Waals surface area contributed by atoms with E-state index in [9.17, 15) is 0 Å². The molecule has 3 heterocycles. The highest BCUT2D eigenvalue weighted by Gasteiger charge is 2.51. The number of aromatic nitrogens is 3. The number of pyridine rings is 1. The van der Waals surface area contributed by atoms with E-state index in [2.05, 4.69) is 76.2 Å². The number of fused-ring (bicyclic) bond motifs is 1. The van der Waals surface area contributed by atoms with Gasteiger partial charge in [0.1, 0.15) is 0 Å². The van der Waals surface area contributed by atoms with Gasteiger partial charge in [0.25, 0.3) is 0 Å². The quantitative estimate of drug-likeness (QED) is 0.299. The van der Waals surface area contributed by atoms with Crippen molar-refractivity contribution < 1.29 is 9.31 Å². The number of nitrogens with zero attached hydrogens (tertiary/aromatic N) is 3. The number of benzene rings is 3. The lowest BCUT2D eigenvalue weighted by Crippen LogP contribution is -2.41. The number of rotatable bonds is 4. The Labute approximate surface area is 211 Å². The van der Waals surface area contributed by atoms with Crippen LogP contribution in [0.2, 0.25) is 0 Å². The molecule has 0 amide bonds. The molecule has 1 aliphatic heterocycles. The third-order valence-corrected chi connectivity index (χ3v) is 7.30. The molecule has 0 spiro atoms. The predicted molar refractivity (Wildman–Crippen MR) is 145 cm³/mol. The zero-order chi connectivity index (χ0) is 24.9. The van der Waals surface area contributed by atoms with Gasteiger partial charge >= 0.3 is 7.12 Å². The van der Waals surface area contributed by atoms with Gasteiger partial charge in [0.05, 0.1) is 11.2 Å². The molecule has 0 bridgehead atoms. The molecule has 0 N–H and O–H groups in total. The molecule has 1 fully saturated rings. The average Bonchev–Trinajstić information content (AvgIpc) is 3.42. The van der Waals surface area contributed by atoms with Crippen molar-refractivity contribution in [3.05, 3.63) is 97.2 Å². The smallest absolute Gasteiger partial charge is 0.399 e. The summed E-state index contributed by atoms with van der Waals surface area (Å²) in [6.45, 7) is 8.26. The lowest BCUT2D eigenvalue weighted by molar-refractivity contribution is 0.00578. The SMILES string of the molecule is CC1(C)OB(c2cccc(-c3nc4c(-c5ccccc5)cc(-c5ccccc5)cn4n3)c2)OC1(C)C. The molecule has 0 radical (unpaired) electrons. The third kappa shape index (κ3) is 3.92. The number of hydrogen-bond donors (Lipinski definition) is 0. The molecule has 3 aromatic carbocycles. The molecule has 0 atom stereocenters. The van der Waals surface area contributed by atoms with Crippen LogP contribution in [0.4, 0.5) is 0 Å². The van der Waals surface area contributed by atoms with Crippen molar-refractivity contribution in [2.24, 2.45) is 0 Å². The van der Waals surface area contributed by atoms with Gasteiger partial charge in [0, 0.05) is 22.9 Å². The lowest BCUT2D eigenvalue weighted by atomic mass is 9.78. The minimum atomic E-state index is -0.434. The van der Waals surface area contributed by atoms with Gasteiger partial charge in [-0.2, -0.15) is 0 Å². The Bertz CT molecular complexity index is 1530. The zero-order valence-electron chi connectivity index (χ0n) is 21.0. The molecular formula is C30H28BN3O2. The first-order chi connectivity index (χ1) is 17.3. The first-order valence-corrected chi connectivity index (χ1v) is 12.3. The summed E-state index contributed by atoms with van der Waals surface area (Å²) in [5.74, 6) is 0.663. The highest BCUT2D eigenvalue weighted by molar-refractivity contribution is 6.62. The summed E-state index contributed by atoms with van der Waals surface area (Å²) in [5, 5.41) is 4.90. The summed E-state index contributed by atoms with van der Waals surface area (Å²) in [6, 6.07) is 31.0. The van der Waals surface area contributed by atoms with Crippen LogP contribution in [-0.2, 0) is 9.31 Å². The summed E-state index contributed by atoms with van der Waals surface area (Å²) in [7, 11) is -0.434. The topological polar surface area (TPSA) is 48.7 Å². The first kappa shape index (κ1) is 22.7. The molecule has 2 aromatic heterocycles. The van der Waals surface area contributed by atoms with Gasteiger partial charge in [0.2, 0.25) is 0 Å². The fraction of sp³-hybridized carbons (Fsp3) is 0.200. The molecule has 0 saturated carbocycles. The van der Waals surface area contributed by atoms with Crippen molar-refractivity contribution in [3.8, 4) is 33.6 Å². The van der Waals surface area contributed by atoms with Crippen LogP contribution in [0.5, 0.6) is 0 Å². The highest BCUT2D eigenvalue weighted by Crippen LogP contribution is 2.37. The normalized spacial score (nSPS) is 16.5. The first-order valence-electron chi connectivity index (χ1n) is 12.3. The van der Waals surface area contributed by atoms with E-state index in [0.29, 0.717) is 5.82 Å². The maximum atomic E-state index is 6.27. The van der Waals surface area contributed by atoms with Crippen LogP contribution in [0.1, 0.15) is 27.7 Å². The van der Waals surface area contributed by atoms with Gasteiger partial charge in [-0.15, -0.1) is 5.10 Å². The lowest BCUT2D eigenvalue weighted by Gasteiger charge is -2.32. The maximum Gasteiger partial charge on any atom is 0.494 e. The predicted octanol–water partition coefficient (Wildman–Crippen LogP) is 6.03. The second-order valence-corrected chi connectivity index (χ2v) is 10.3. The molecule has 1 aliphatic rings. The third-order valence-electron chi connectivity index (χ3n) is 7.30. The molecule has 6 heteroatoms. The van der Waals surface area contributed by atoms with Crippen molar-refractivity contribution >= 4 is 18.2 Å². The summed E-state index contributed by atoms with van der Waals surface area (Å²) in [5.41, 5.74) is 6.27. The summed E-state index contributed by atoms with van der Waals surface area (Å²) in [6.07, 6.45) is 2.05. The Balaban J connectivity index is 1.46. The van der Waals surface area contributed by atoms with Crippen molar-refractivity contribution in [2.45, 2.75) is 38.9 Å². The van der Waals surface area contributed by atoms with E-state index in [0.717, 1.165) is 38.9 Å². The van der Waals surface area contributed by atoms with Gasteiger partial charge in [-0.25, -0.2) is 9.50 Å². The molecule has 178 valence electrons. The van der Waals surface area contributed by atoms with E-state index in [4.69, 9.17) is 19.4 Å². The van der Waals surface area contributed by atoms with E-state index in [-0.39, 0.29) is 0 Å². The fourth-order valence-corrected chi connectivity index (χ4v) is 4.53. The van der Waals surface area contributed by atoms with E-state index in [1.54, 1.807) is 0 Å². The second kappa shape index (κ2) is 8.44. The van der Waals surface area contributed by atoms with E-state index >= 15 is 0 Å². The van der Waals surface area contributed by atoms with E-state index in [1.807, 2.05) is 53.2 Å². The minimum absolute atomic E-state index is 0.395. The molecule has 1 saturated heterocycles. The van der Waals surface area contributed by atoms with Gasteiger partial charge in [-0.1, -0.05) is 84.9 Å². The standard InChI is InChI=1S/C30H28BN3O2/c1-29(2)30(3,4)36-31(35-29)25-17-11-16-23(18-25)27-32-28-26(22-14-9-6-10-15-22)19-24(20-34(28)33-27)21-12-7-5-8-13-21/h5-20H,1-4H3. The Morgan fingerprint density at radius 3 is 1.94 bits per heavy atom. The van der Waals surface area contributed by atoms with Crippen molar-refractivity contribution in [1.29, 1.82) is 0 Å².